The predicted octanol–water partition coefficient (Wildman–Crippen LogP) is 2.84. The van der Waals surface area contributed by atoms with Crippen molar-refractivity contribution in [3.05, 3.63) is 35.4 Å². The molecule has 4 nitrogen and oxygen atoms in total. The highest BCUT2D eigenvalue weighted by Gasteiger charge is 2.17. The van der Waals surface area contributed by atoms with E-state index >= 15 is 0 Å². The molecule has 0 radical (unpaired) electrons. The van der Waals surface area contributed by atoms with E-state index in [0.717, 1.165) is 24.6 Å². The topological polar surface area (TPSA) is 44.4 Å². The highest BCUT2D eigenvalue weighted by atomic mass is 35.5. The minimum atomic E-state index is 0. The van der Waals surface area contributed by atoms with Gasteiger partial charge >= 0.3 is 0 Å². The number of hydrogen-bond donors (Lipinski definition) is 2. The molecule has 2 aliphatic rings. The summed E-state index contributed by atoms with van der Waals surface area (Å²) in [6.45, 7) is 5.06. The lowest BCUT2D eigenvalue weighted by Crippen LogP contribution is -2.41. The first kappa shape index (κ1) is 22.6. The maximum atomic E-state index is 12.2. The van der Waals surface area contributed by atoms with Gasteiger partial charge in [0.15, 0.2) is 0 Å². The monoisotopic (exact) mass is 405 g/mol. The lowest BCUT2D eigenvalue weighted by molar-refractivity contribution is -0.121. The van der Waals surface area contributed by atoms with Gasteiger partial charge in [-0.2, -0.15) is 11.8 Å². The first-order chi connectivity index (χ1) is 11.3. The zero-order valence-corrected chi connectivity index (χ0v) is 17.0. The van der Waals surface area contributed by atoms with Gasteiger partial charge in [-0.05, 0) is 37.1 Å². The van der Waals surface area contributed by atoms with Crippen molar-refractivity contribution in [1.82, 2.24) is 15.5 Å². The van der Waals surface area contributed by atoms with Crippen molar-refractivity contribution in [1.29, 1.82) is 0 Å². The molecule has 0 spiro atoms. The number of halogens is 2. The van der Waals surface area contributed by atoms with Crippen LogP contribution in [0.2, 0.25) is 0 Å². The molecular formula is C18H29Cl2N3OS. The van der Waals surface area contributed by atoms with Crippen LogP contribution in [0.1, 0.15) is 30.4 Å². The van der Waals surface area contributed by atoms with Crippen LogP contribution in [-0.4, -0.2) is 48.0 Å². The molecule has 0 aromatic heterocycles. The summed E-state index contributed by atoms with van der Waals surface area (Å²) in [5.41, 5.74) is 2.60. The number of carbonyl (C=O) groups excluding carboxylic acids is 1. The molecule has 1 atom stereocenters. The van der Waals surface area contributed by atoms with Gasteiger partial charge in [0, 0.05) is 43.6 Å². The summed E-state index contributed by atoms with van der Waals surface area (Å²) in [5, 5.41) is 6.52. The van der Waals surface area contributed by atoms with Crippen LogP contribution in [-0.2, 0) is 17.9 Å². The van der Waals surface area contributed by atoms with Crippen molar-refractivity contribution >= 4 is 42.5 Å². The standard InChI is InChI=1S/C18H27N3OS.2ClH/c22-18(11-17-14-23-10-7-19-17)20-12-15-5-1-2-6-16(15)13-21-8-3-4-9-21;;/h1-2,5-6,17,19H,3-4,7-14H2,(H,20,22);2*1H. The molecule has 7 heteroatoms. The van der Waals surface area contributed by atoms with Gasteiger partial charge in [-0.1, -0.05) is 24.3 Å². The molecular weight excluding hydrogens is 377 g/mol. The highest BCUT2D eigenvalue weighted by Crippen LogP contribution is 2.16. The molecule has 142 valence electrons. The number of benzene rings is 1. The molecule has 0 saturated carbocycles. The van der Waals surface area contributed by atoms with Gasteiger partial charge < -0.3 is 10.6 Å². The van der Waals surface area contributed by atoms with Crippen molar-refractivity contribution in [2.24, 2.45) is 0 Å². The lowest BCUT2D eigenvalue weighted by atomic mass is 10.1. The van der Waals surface area contributed by atoms with E-state index in [2.05, 4.69) is 39.8 Å². The summed E-state index contributed by atoms with van der Waals surface area (Å²) >= 11 is 1.93. The second-order valence-corrected chi connectivity index (χ2v) is 7.61. The fraction of sp³-hybridized carbons (Fsp3) is 0.611. The van der Waals surface area contributed by atoms with Crippen LogP contribution >= 0.6 is 36.6 Å². The third-order valence-electron chi connectivity index (χ3n) is 4.62. The first-order valence-corrected chi connectivity index (χ1v) is 9.84. The van der Waals surface area contributed by atoms with Gasteiger partial charge in [0.05, 0.1) is 0 Å². The second kappa shape index (κ2) is 12.0. The Kier molecular flexibility index (Phi) is 10.9. The molecule has 0 bridgehead atoms. The van der Waals surface area contributed by atoms with Crippen LogP contribution in [0, 0.1) is 0 Å². The third kappa shape index (κ3) is 7.35. The van der Waals surface area contributed by atoms with E-state index < -0.39 is 0 Å². The Bertz CT molecular complexity index is 521. The van der Waals surface area contributed by atoms with Crippen LogP contribution in [0.25, 0.3) is 0 Å². The van der Waals surface area contributed by atoms with E-state index in [-0.39, 0.29) is 30.7 Å². The summed E-state index contributed by atoms with van der Waals surface area (Å²) < 4.78 is 0. The Morgan fingerprint density at radius 2 is 1.92 bits per heavy atom. The Labute approximate surface area is 167 Å². The van der Waals surface area contributed by atoms with Crippen LogP contribution in [0.15, 0.2) is 24.3 Å². The molecule has 2 N–H and O–H groups in total. The van der Waals surface area contributed by atoms with E-state index in [0.29, 0.717) is 19.0 Å². The number of nitrogens with one attached hydrogen (secondary N) is 2. The number of carbonyl (C=O) groups is 1. The number of rotatable bonds is 6. The number of hydrogen-bond acceptors (Lipinski definition) is 4. The van der Waals surface area contributed by atoms with Gasteiger partial charge in [-0.15, -0.1) is 24.8 Å². The Balaban J connectivity index is 0.00000156. The fourth-order valence-corrected chi connectivity index (χ4v) is 4.26. The zero-order chi connectivity index (χ0) is 15.9. The predicted molar refractivity (Wildman–Crippen MR) is 111 cm³/mol. The van der Waals surface area contributed by atoms with E-state index in [1.54, 1.807) is 0 Å². The number of thioether (sulfide) groups is 1. The van der Waals surface area contributed by atoms with E-state index in [1.165, 1.54) is 37.1 Å². The summed E-state index contributed by atoms with van der Waals surface area (Å²) in [6, 6.07) is 8.82. The van der Waals surface area contributed by atoms with Crippen molar-refractivity contribution in [3.63, 3.8) is 0 Å². The van der Waals surface area contributed by atoms with E-state index in [4.69, 9.17) is 0 Å². The molecule has 0 aliphatic carbocycles. The number of amides is 1. The normalized spacial score (nSPS) is 20.4. The van der Waals surface area contributed by atoms with Crippen molar-refractivity contribution in [3.8, 4) is 0 Å². The van der Waals surface area contributed by atoms with Gasteiger partial charge in [0.1, 0.15) is 0 Å². The summed E-state index contributed by atoms with van der Waals surface area (Å²) in [4.78, 5) is 14.7. The smallest absolute Gasteiger partial charge is 0.221 e. The molecule has 2 fully saturated rings. The quantitative estimate of drug-likeness (QED) is 0.763. The van der Waals surface area contributed by atoms with Crippen LogP contribution < -0.4 is 10.6 Å². The Morgan fingerprint density at radius 3 is 2.60 bits per heavy atom. The zero-order valence-electron chi connectivity index (χ0n) is 14.5. The van der Waals surface area contributed by atoms with Gasteiger partial charge in [-0.3, -0.25) is 9.69 Å². The van der Waals surface area contributed by atoms with Gasteiger partial charge in [0.2, 0.25) is 5.91 Å². The lowest BCUT2D eigenvalue weighted by Gasteiger charge is -2.22. The first-order valence-electron chi connectivity index (χ1n) is 8.68. The third-order valence-corrected chi connectivity index (χ3v) is 5.75. The van der Waals surface area contributed by atoms with Crippen molar-refractivity contribution in [2.45, 2.75) is 38.4 Å². The van der Waals surface area contributed by atoms with E-state index in [9.17, 15) is 4.79 Å². The molecule has 25 heavy (non-hydrogen) atoms. The number of nitrogens with zero attached hydrogens (tertiary/aromatic N) is 1. The van der Waals surface area contributed by atoms with Gasteiger partial charge in [0.25, 0.3) is 0 Å². The highest BCUT2D eigenvalue weighted by molar-refractivity contribution is 7.99. The molecule has 2 saturated heterocycles. The molecule has 1 unspecified atom stereocenters. The van der Waals surface area contributed by atoms with Crippen molar-refractivity contribution < 1.29 is 4.79 Å². The molecule has 3 rings (SSSR count). The van der Waals surface area contributed by atoms with Crippen molar-refractivity contribution in [2.75, 3.05) is 31.1 Å². The molecule has 1 amide bonds. The van der Waals surface area contributed by atoms with Crippen LogP contribution in [0.5, 0.6) is 0 Å². The number of likely N-dealkylation sites (tertiary alicyclic amines) is 1. The minimum absolute atomic E-state index is 0. The second-order valence-electron chi connectivity index (χ2n) is 6.46. The molecule has 1 aromatic rings. The summed E-state index contributed by atoms with van der Waals surface area (Å²) in [7, 11) is 0. The largest absolute Gasteiger partial charge is 0.352 e. The molecule has 2 heterocycles. The van der Waals surface area contributed by atoms with E-state index in [1.807, 2.05) is 11.8 Å². The fourth-order valence-electron chi connectivity index (χ4n) is 3.31. The molecule has 1 aromatic carbocycles. The minimum Gasteiger partial charge on any atom is -0.352 e. The van der Waals surface area contributed by atoms with Crippen LogP contribution in [0.3, 0.4) is 0 Å². The average molecular weight is 406 g/mol. The summed E-state index contributed by atoms with van der Waals surface area (Å²) in [6.07, 6.45) is 3.21. The maximum absolute atomic E-state index is 12.2. The maximum Gasteiger partial charge on any atom is 0.221 e. The Hall–Kier alpha value is -0.460. The summed E-state index contributed by atoms with van der Waals surface area (Å²) in [5.74, 6) is 2.35. The molecule has 2 aliphatic heterocycles. The average Bonchev–Trinajstić information content (AvgIpc) is 3.08. The van der Waals surface area contributed by atoms with Crippen LogP contribution in [0.4, 0.5) is 0 Å². The Morgan fingerprint density at radius 1 is 1.20 bits per heavy atom. The van der Waals surface area contributed by atoms with Gasteiger partial charge in [-0.25, -0.2) is 0 Å². The SMILES string of the molecule is Cl.Cl.O=C(CC1CSCCN1)NCc1ccccc1CN1CCCC1.